The summed E-state index contributed by atoms with van der Waals surface area (Å²) >= 11 is 0. The first-order valence-electron chi connectivity index (χ1n) is 5.34. The zero-order chi connectivity index (χ0) is 13.4. The van der Waals surface area contributed by atoms with Gasteiger partial charge >= 0.3 is 0 Å². The summed E-state index contributed by atoms with van der Waals surface area (Å²) in [4.78, 5) is 0. The number of hydrogen-bond acceptors (Lipinski definition) is 5. The monoisotopic (exact) mass is 288 g/mol. The van der Waals surface area contributed by atoms with Crippen LogP contribution >= 0.6 is 10.7 Å². The molecule has 0 saturated heterocycles. The molecule has 0 aromatic heterocycles. The standard InChI is InChI=1S/C10H21ClO5S/c1-10(2,9-17(11,12)13)8-16-7-6-15-5-4-14-3/h4-9H2,1-3H3. The van der Waals surface area contributed by atoms with Gasteiger partial charge in [-0.05, 0) is 0 Å². The van der Waals surface area contributed by atoms with Gasteiger partial charge in [0.1, 0.15) is 0 Å². The fraction of sp³-hybridized carbons (Fsp3) is 1.00. The molecule has 0 spiro atoms. The first-order chi connectivity index (χ1) is 7.77. The molecule has 0 aliphatic rings. The van der Waals surface area contributed by atoms with E-state index in [0.717, 1.165) is 0 Å². The van der Waals surface area contributed by atoms with Crippen LogP contribution in [0.2, 0.25) is 0 Å². The Morgan fingerprint density at radius 2 is 1.59 bits per heavy atom. The number of rotatable bonds is 10. The molecule has 0 atom stereocenters. The second kappa shape index (κ2) is 8.26. The third-order valence-corrected chi connectivity index (χ3v) is 3.31. The van der Waals surface area contributed by atoms with Crippen LogP contribution in [0.15, 0.2) is 0 Å². The van der Waals surface area contributed by atoms with Gasteiger partial charge in [-0.1, -0.05) is 13.8 Å². The summed E-state index contributed by atoms with van der Waals surface area (Å²) in [5.74, 6) is -0.105. The predicted molar refractivity (Wildman–Crippen MR) is 66.9 cm³/mol. The maximum atomic E-state index is 10.9. The van der Waals surface area contributed by atoms with Crippen molar-refractivity contribution in [2.24, 2.45) is 5.41 Å². The normalized spacial score (nSPS) is 12.9. The summed E-state index contributed by atoms with van der Waals surface area (Å²) in [5, 5.41) is 0. The van der Waals surface area contributed by atoms with Crippen molar-refractivity contribution in [3.63, 3.8) is 0 Å². The van der Waals surface area contributed by atoms with Gasteiger partial charge in [-0.15, -0.1) is 0 Å². The summed E-state index contributed by atoms with van der Waals surface area (Å²) in [6, 6.07) is 0. The Morgan fingerprint density at radius 3 is 2.12 bits per heavy atom. The largest absolute Gasteiger partial charge is 0.382 e. The Morgan fingerprint density at radius 1 is 1.06 bits per heavy atom. The van der Waals surface area contributed by atoms with Crippen LogP contribution in [0.3, 0.4) is 0 Å². The van der Waals surface area contributed by atoms with Crippen LogP contribution in [0.5, 0.6) is 0 Å². The van der Waals surface area contributed by atoms with Crippen molar-refractivity contribution in [1.29, 1.82) is 0 Å². The van der Waals surface area contributed by atoms with Crippen molar-refractivity contribution in [3.8, 4) is 0 Å². The Bertz CT molecular complexity index is 289. The minimum Gasteiger partial charge on any atom is -0.382 e. The van der Waals surface area contributed by atoms with Gasteiger partial charge in [0.05, 0.1) is 38.8 Å². The lowest BCUT2D eigenvalue weighted by atomic mass is 9.98. The van der Waals surface area contributed by atoms with Crippen LogP contribution in [-0.4, -0.2) is 54.3 Å². The molecule has 7 heteroatoms. The predicted octanol–water partition coefficient (Wildman–Crippen LogP) is 1.26. The summed E-state index contributed by atoms with van der Waals surface area (Å²) in [6.45, 7) is 5.88. The molecule has 0 aliphatic carbocycles. The fourth-order valence-electron chi connectivity index (χ4n) is 1.22. The first kappa shape index (κ1) is 17.1. The molecule has 0 radical (unpaired) electrons. The van der Waals surface area contributed by atoms with E-state index in [-0.39, 0.29) is 5.75 Å². The van der Waals surface area contributed by atoms with Crippen LogP contribution in [0, 0.1) is 5.41 Å². The van der Waals surface area contributed by atoms with E-state index in [9.17, 15) is 8.42 Å². The Kier molecular flexibility index (Phi) is 8.32. The Balaban J connectivity index is 3.59. The van der Waals surface area contributed by atoms with Gasteiger partial charge in [-0.3, -0.25) is 0 Å². The zero-order valence-corrected chi connectivity index (χ0v) is 12.1. The molecule has 0 fully saturated rings. The maximum absolute atomic E-state index is 10.9. The molecule has 104 valence electrons. The highest BCUT2D eigenvalue weighted by Crippen LogP contribution is 2.20. The van der Waals surface area contributed by atoms with Crippen molar-refractivity contribution in [2.45, 2.75) is 13.8 Å². The average molecular weight is 289 g/mol. The second-order valence-corrected chi connectivity index (χ2v) is 7.28. The number of hydrogen-bond donors (Lipinski definition) is 0. The van der Waals surface area contributed by atoms with E-state index in [1.54, 1.807) is 21.0 Å². The smallest absolute Gasteiger partial charge is 0.233 e. The fourth-order valence-corrected chi connectivity index (χ4v) is 3.12. The highest BCUT2D eigenvalue weighted by molar-refractivity contribution is 8.13. The summed E-state index contributed by atoms with van der Waals surface area (Å²) in [7, 11) is 3.31. The molecule has 0 unspecified atom stereocenters. The lowest BCUT2D eigenvalue weighted by molar-refractivity contribution is 0.00634. The molecule has 0 heterocycles. The molecular weight excluding hydrogens is 268 g/mol. The minimum absolute atomic E-state index is 0.105. The molecule has 0 bridgehead atoms. The highest BCUT2D eigenvalue weighted by Gasteiger charge is 2.25. The van der Waals surface area contributed by atoms with Crippen LogP contribution in [0.25, 0.3) is 0 Å². The SMILES string of the molecule is COCCOCCOCC(C)(C)CS(=O)(=O)Cl. The van der Waals surface area contributed by atoms with E-state index in [2.05, 4.69) is 0 Å². The van der Waals surface area contributed by atoms with Crippen molar-refractivity contribution in [3.05, 3.63) is 0 Å². The van der Waals surface area contributed by atoms with E-state index in [4.69, 9.17) is 24.9 Å². The zero-order valence-electron chi connectivity index (χ0n) is 10.6. The molecule has 0 aromatic rings. The quantitative estimate of drug-likeness (QED) is 0.447. The summed E-state index contributed by atoms with van der Waals surface area (Å²) < 4.78 is 37.2. The molecule has 0 N–H and O–H groups in total. The first-order valence-corrected chi connectivity index (χ1v) is 7.81. The molecule has 0 amide bonds. The highest BCUT2D eigenvalue weighted by atomic mass is 35.7. The molecule has 0 aliphatic heterocycles. The molecule has 0 rings (SSSR count). The van der Waals surface area contributed by atoms with Crippen molar-refractivity contribution >= 4 is 19.7 Å². The van der Waals surface area contributed by atoms with Gasteiger partial charge in [0.25, 0.3) is 0 Å². The van der Waals surface area contributed by atoms with Gasteiger partial charge in [0, 0.05) is 23.2 Å². The minimum atomic E-state index is -3.49. The lowest BCUT2D eigenvalue weighted by Gasteiger charge is -2.22. The number of ether oxygens (including phenoxy) is 3. The van der Waals surface area contributed by atoms with Crippen LogP contribution in [0.1, 0.15) is 13.8 Å². The number of methoxy groups -OCH3 is 1. The van der Waals surface area contributed by atoms with Crippen LogP contribution < -0.4 is 0 Å². The number of halogens is 1. The molecule has 0 saturated carbocycles. The third kappa shape index (κ3) is 12.4. The van der Waals surface area contributed by atoms with Gasteiger partial charge < -0.3 is 14.2 Å². The van der Waals surface area contributed by atoms with Crippen LogP contribution in [-0.2, 0) is 23.3 Å². The molecular formula is C10H21ClO5S. The maximum Gasteiger partial charge on any atom is 0.233 e. The van der Waals surface area contributed by atoms with E-state index < -0.39 is 14.5 Å². The van der Waals surface area contributed by atoms with Crippen LogP contribution in [0.4, 0.5) is 0 Å². The van der Waals surface area contributed by atoms with Crippen molar-refractivity contribution < 1.29 is 22.6 Å². The van der Waals surface area contributed by atoms with Gasteiger partial charge in [0.15, 0.2) is 0 Å². The van der Waals surface area contributed by atoms with E-state index >= 15 is 0 Å². The lowest BCUT2D eigenvalue weighted by Crippen LogP contribution is -2.27. The van der Waals surface area contributed by atoms with E-state index in [1.807, 2.05) is 0 Å². The van der Waals surface area contributed by atoms with Gasteiger partial charge in [-0.2, -0.15) is 0 Å². The topological polar surface area (TPSA) is 61.8 Å². The van der Waals surface area contributed by atoms with Crippen molar-refractivity contribution in [1.82, 2.24) is 0 Å². The molecule has 17 heavy (non-hydrogen) atoms. The average Bonchev–Trinajstić information content (AvgIpc) is 2.12. The molecule has 0 aromatic carbocycles. The van der Waals surface area contributed by atoms with Gasteiger partial charge in [0.2, 0.25) is 9.05 Å². The second-order valence-electron chi connectivity index (χ2n) is 4.51. The van der Waals surface area contributed by atoms with Gasteiger partial charge in [-0.25, -0.2) is 8.42 Å². The summed E-state index contributed by atoms with van der Waals surface area (Å²) in [6.07, 6.45) is 0. The van der Waals surface area contributed by atoms with E-state index in [0.29, 0.717) is 33.0 Å². The Labute approximate surface area is 108 Å². The Hall–Kier alpha value is 0.120. The third-order valence-electron chi connectivity index (χ3n) is 1.86. The van der Waals surface area contributed by atoms with E-state index in [1.165, 1.54) is 0 Å². The molecule has 5 nitrogen and oxygen atoms in total. The summed E-state index contributed by atoms with van der Waals surface area (Å²) in [5.41, 5.74) is -0.493. The van der Waals surface area contributed by atoms with Crippen molar-refractivity contribution in [2.75, 3.05) is 45.9 Å².